The molecule has 0 aliphatic heterocycles. The van der Waals surface area contributed by atoms with Gasteiger partial charge in [-0.3, -0.25) is 14.4 Å². The van der Waals surface area contributed by atoms with Crippen molar-refractivity contribution in [1.29, 1.82) is 0 Å². The second-order valence-electron chi connectivity index (χ2n) is 4.31. The molecule has 0 saturated carbocycles. The first-order valence-corrected chi connectivity index (χ1v) is 6.02. The second kappa shape index (κ2) is 9.37. The highest BCUT2D eigenvalue weighted by Crippen LogP contribution is 2.09. The summed E-state index contributed by atoms with van der Waals surface area (Å²) in [5.74, 6) is -2.31. The molecule has 0 radical (unpaired) electrons. The molecule has 0 amide bonds. The number of carbonyl (C=O) groups is 3. The smallest absolute Gasteiger partial charge is 0.323 e. The standard InChI is InChI=1S/C11H19NO9/c12-5(1-2-8(16)17)11(20)21-7(4-14)10(19)9(18)6(15)3-13/h4-7,9-10,13,15,18-19H,1-3,12H2,(H,16,17)/t5-,6+,7-,9+,10+/m0/s1. The summed E-state index contributed by atoms with van der Waals surface area (Å²) in [6.45, 7) is -0.879. The minimum Gasteiger partial charge on any atom is -0.481 e. The Morgan fingerprint density at radius 2 is 1.76 bits per heavy atom. The molecule has 10 nitrogen and oxygen atoms in total. The van der Waals surface area contributed by atoms with Crippen molar-refractivity contribution in [2.24, 2.45) is 5.73 Å². The SMILES string of the molecule is N[C@@H](CCC(=O)O)C(=O)O[C@@H](C=O)[C@@H](O)[C@H](O)[C@H](O)CO. The molecule has 10 heteroatoms. The van der Waals surface area contributed by atoms with E-state index in [9.17, 15) is 24.6 Å². The van der Waals surface area contributed by atoms with Crippen molar-refractivity contribution in [2.75, 3.05) is 6.61 Å². The van der Waals surface area contributed by atoms with Crippen molar-refractivity contribution in [1.82, 2.24) is 0 Å². The largest absolute Gasteiger partial charge is 0.481 e. The molecule has 0 heterocycles. The number of hydrogen-bond acceptors (Lipinski definition) is 9. The minimum atomic E-state index is -1.97. The number of carboxylic acid groups (broad SMARTS) is 1. The fourth-order valence-corrected chi connectivity index (χ4v) is 1.33. The van der Waals surface area contributed by atoms with Crippen LogP contribution >= 0.6 is 0 Å². The summed E-state index contributed by atoms with van der Waals surface area (Å²) < 4.78 is 4.54. The summed E-state index contributed by atoms with van der Waals surface area (Å²) >= 11 is 0. The number of rotatable bonds is 10. The Morgan fingerprint density at radius 3 is 2.19 bits per heavy atom. The molecule has 0 aromatic heterocycles. The quantitative estimate of drug-likeness (QED) is 0.173. The highest BCUT2D eigenvalue weighted by atomic mass is 16.6. The van der Waals surface area contributed by atoms with Gasteiger partial charge in [-0.05, 0) is 6.42 Å². The predicted octanol–water partition coefficient (Wildman–Crippen LogP) is -3.64. The molecular formula is C11H19NO9. The van der Waals surface area contributed by atoms with Gasteiger partial charge in [0.05, 0.1) is 6.61 Å². The summed E-state index contributed by atoms with van der Waals surface area (Å²) in [4.78, 5) is 32.6. The zero-order valence-electron chi connectivity index (χ0n) is 11.0. The van der Waals surface area contributed by atoms with Gasteiger partial charge in [-0.1, -0.05) is 0 Å². The molecule has 0 bridgehead atoms. The lowest BCUT2D eigenvalue weighted by atomic mass is 10.0. The van der Waals surface area contributed by atoms with E-state index in [4.69, 9.17) is 21.1 Å². The molecule has 0 aliphatic carbocycles. The van der Waals surface area contributed by atoms with Gasteiger partial charge in [0.15, 0.2) is 12.4 Å². The molecule has 21 heavy (non-hydrogen) atoms. The summed E-state index contributed by atoms with van der Waals surface area (Å²) in [5.41, 5.74) is 5.34. The highest BCUT2D eigenvalue weighted by Gasteiger charge is 2.34. The average molecular weight is 309 g/mol. The summed E-state index contributed by atoms with van der Waals surface area (Å²) in [6.07, 6.45) is -8.06. The van der Waals surface area contributed by atoms with Crippen molar-refractivity contribution in [3.8, 4) is 0 Å². The molecule has 0 fully saturated rings. The molecule has 0 aromatic rings. The number of esters is 1. The molecule has 122 valence electrons. The van der Waals surface area contributed by atoms with Crippen LogP contribution in [0.2, 0.25) is 0 Å². The monoisotopic (exact) mass is 309 g/mol. The van der Waals surface area contributed by atoms with E-state index in [1.165, 1.54) is 0 Å². The highest BCUT2D eigenvalue weighted by molar-refractivity contribution is 5.78. The van der Waals surface area contributed by atoms with E-state index in [-0.39, 0.29) is 12.7 Å². The summed E-state index contributed by atoms with van der Waals surface area (Å²) in [7, 11) is 0. The fourth-order valence-electron chi connectivity index (χ4n) is 1.33. The molecule has 0 unspecified atom stereocenters. The van der Waals surface area contributed by atoms with Gasteiger partial charge in [0.2, 0.25) is 0 Å². The van der Waals surface area contributed by atoms with Crippen molar-refractivity contribution >= 4 is 18.2 Å². The number of aliphatic carboxylic acids is 1. The van der Waals surface area contributed by atoms with Gasteiger partial charge >= 0.3 is 11.9 Å². The Hall–Kier alpha value is -1.59. The third kappa shape index (κ3) is 6.60. The predicted molar refractivity (Wildman–Crippen MR) is 65.9 cm³/mol. The normalized spacial score (nSPS) is 18.1. The van der Waals surface area contributed by atoms with E-state index in [1.54, 1.807) is 0 Å². The molecule has 0 saturated heterocycles. The van der Waals surface area contributed by atoms with Crippen LogP contribution in [0.5, 0.6) is 0 Å². The first-order valence-electron chi connectivity index (χ1n) is 6.02. The van der Waals surface area contributed by atoms with E-state index in [0.717, 1.165) is 0 Å². The van der Waals surface area contributed by atoms with E-state index < -0.39 is 55.4 Å². The first kappa shape index (κ1) is 19.4. The maximum absolute atomic E-state index is 11.5. The van der Waals surface area contributed by atoms with Crippen molar-refractivity contribution in [3.05, 3.63) is 0 Å². The first-order chi connectivity index (χ1) is 9.74. The number of carboxylic acids is 1. The number of aliphatic hydroxyl groups excluding tert-OH is 4. The van der Waals surface area contributed by atoms with Gasteiger partial charge < -0.3 is 36.0 Å². The van der Waals surface area contributed by atoms with Gasteiger partial charge in [0.25, 0.3) is 0 Å². The number of ether oxygens (including phenoxy) is 1. The van der Waals surface area contributed by atoms with E-state index in [2.05, 4.69) is 4.74 Å². The molecular weight excluding hydrogens is 290 g/mol. The molecule has 7 N–H and O–H groups in total. The van der Waals surface area contributed by atoms with Gasteiger partial charge in [-0.25, -0.2) is 0 Å². The van der Waals surface area contributed by atoms with E-state index in [1.807, 2.05) is 0 Å². The van der Waals surface area contributed by atoms with Crippen molar-refractivity contribution in [2.45, 2.75) is 43.3 Å². The van der Waals surface area contributed by atoms with Crippen LogP contribution in [0.25, 0.3) is 0 Å². The Labute approximate surface area is 119 Å². The Balaban J connectivity index is 4.57. The molecule has 0 rings (SSSR count). The third-order valence-corrected chi connectivity index (χ3v) is 2.63. The number of nitrogens with two attached hydrogens (primary N) is 1. The number of hydrogen-bond donors (Lipinski definition) is 6. The molecule has 5 atom stereocenters. The number of aliphatic hydroxyl groups is 4. The molecule has 0 aromatic carbocycles. The lowest BCUT2D eigenvalue weighted by Crippen LogP contribution is -2.49. The summed E-state index contributed by atoms with van der Waals surface area (Å²) in [5, 5.41) is 45.1. The lowest BCUT2D eigenvalue weighted by molar-refractivity contribution is -0.169. The van der Waals surface area contributed by atoms with E-state index >= 15 is 0 Å². The van der Waals surface area contributed by atoms with Gasteiger partial charge in [-0.2, -0.15) is 0 Å². The minimum absolute atomic E-state index is 0.0137. The van der Waals surface area contributed by atoms with Crippen LogP contribution in [0, 0.1) is 0 Å². The molecule has 0 spiro atoms. The fraction of sp³-hybridized carbons (Fsp3) is 0.727. The van der Waals surface area contributed by atoms with E-state index in [0.29, 0.717) is 0 Å². The maximum atomic E-state index is 11.5. The second-order valence-corrected chi connectivity index (χ2v) is 4.31. The Morgan fingerprint density at radius 1 is 1.19 bits per heavy atom. The van der Waals surface area contributed by atoms with Crippen LogP contribution in [-0.4, -0.2) is 80.8 Å². The average Bonchev–Trinajstić information content (AvgIpc) is 2.47. The van der Waals surface area contributed by atoms with Crippen LogP contribution in [0.3, 0.4) is 0 Å². The lowest BCUT2D eigenvalue weighted by Gasteiger charge is -2.26. The van der Waals surface area contributed by atoms with Crippen LogP contribution in [0.1, 0.15) is 12.8 Å². The Bertz CT molecular complexity index is 362. The van der Waals surface area contributed by atoms with Crippen molar-refractivity contribution in [3.63, 3.8) is 0 Å². The van der Waals surface area contributed by atoms with Gasteiger partial charge in [0.1, 0.15) is 24.4 Å². The van der Waals surface area contributed by atoms with Gasteiger partial charge in [0, 0.05) is 6.42 Å². The van der Waals surface area contributed by atoms with Crippen LogP contribution in [0.15, 0.2) is 0 Å². The topological polar surface area (TPSA) is 188 Å². The van der Waals surface area contributed by atoms with Crippen LogP contribution in [0.4, 0.5) is 0 Å². The summed E-state index contributed by atoms with van der Waals surface area (Å²) in [6, 6.07) is -1.32. The number of carbonyl (C=O) groups excluding carboxylic acids is 2. The third-order valence-electron chi connectivity index (χ3n) is 2.63. The van der Waals surface area contributed by atoms with Crippen molar-refractivity contribution < 1.29 is 44.7 Å². The Kier molecular flexibility index (Phi) is 8.66. The zero-order chi connectivity index (χ0) is 16.6. The van der Waals surface area contributed by atoms with Crippen LogP contribution in [-0.2, 0) is 19.1 Å². The van der Waals surface area contributed by atoms with Gasteiger partial charge in [-0.15, -0.1) is 0 Å². The van der Waals surface area contributed by atoms with Crippen LogP contribution < -0.4 is 5.73 Å². The maximum Gasteiger partial charge on any atom is 0.323 e. The number of aldehydes is 1. The zero-order valence-corrected chi connectivity index (χ0v) is 11.0. The molecule has 0 aliphatic rings.